The fraction of sp³-hybridized carbons (Fsp3) is 0.286. The molecule has 1 aliphatic carbocycles. The first kappa shape index (κ1) is 21.1. The van der Waals surface area contributed by atoms with Crippen LogP contribution in [-0.2, 0) is 0 Å². The van der Waals surface area contributed by atoms with Crippen LogP contribution in [0.4, 0.5) is 17.1 Å². The fourth-order valence-corrected chi connectivity index (χ4v) is 3.43. The number of non-ortho nitro benzene ring substituents is 1. The molecule has 1 fully saturated rings. The Morgan fingerprint density at radius 3 is 2.37 bits per heavy atom. The first-order valence-electron chi connectivity index (χ1n) is 9.61. The number of nitrogens with zero attached hydrogens (tertiary/aromatic N) is 3. The van der Waals surface area contributed by atoms with Crippen LogP contribution in [0.25, 0.3) is 6.08 Å². The molecule has 3 rings (SSSR count). The second kappa shape index (κ2) is 9.27. The van der Waals surface area contributed by atoms with Crippen LogP contribution in [0.5, 0.6) is 0 Å². The van der Waals surface area contributed by atoms with E-state index in [1.807, 2.05) is 36.4 Å². The lowest BCUT2D eigenvalue weighted by molar-refractivity contribution is -0.393. The average Bonchev–Trinajstić information content (AvgIpc) is 2.74. The molecule has 0 spiro atoms. The molecule has 1 aliphatic rings. The van der Waals surface area contributed by atoms with Gasteiger partial charge in [-0.05, 0) is 30.5 Å². The molecule has 9 heteroatoms. The van der Waals surface area contributed by atoms with Crippen molar-refractivity contribution in [2.45, 2.75) is 37.7 Å². The predicted molar refractivity (Wildman–Crippen MR) is 114 cm³/mol. The molecule has 0 heterocycles. The van der Waals surface area contributed by atoms with E-state index in [0.29, 0.717) is 18.6 Å². The number of nitrogens with one attached hydrogen (secondary N) is 1. The third-order valence-corrected chi connectivity index (χ3v) is 5.08. The van der Waals surface area contributed by atoms with E-state index in [-0.39, 0.29) is 11.4 Å². The lowest BCUT2D eigenvalue weighted by Gasteiger charge is -2.32. The topological polar surface area (TPSA) is 131 Å². The summed E-state index contributed by atoms with van der Waals surface area (Å²) >= 11 is 0. The zero-order valence-electron chi connectivity index (χ0n) is 16.2. The average molecular weight is 410 g/mol. The minimum absolute atomic E-state index is 0.00983. The van der Waals surface area contributed by atoms with Crippen molar-refractivity contribution in [3.63, 3.8) is 0 Å². The molecule has 0 radical (unpaired) electrons. The molecule has 0 bridgehead atoms. The Labute approximate surface area is 173 Å². The number of aliphatic hydroxyl groups is 1. The van der Waals surface area contributed by atoms with Crippen molar-refractivity contribution < 1.29 is 15.0 Å². The van der Waals surface area contributed by atoms with Gasteiger partial charge in [-0.25, -0.2) is 0 Å². The summed E-state index contributed by atoms with van der Waals surface area (Å²) in [5.41, 5.74) is 1.93. The van der Waals surface area contributed by atoms with Gasteiger partial charge in [-0.1, -0.05) is 55.7 Å². The monoisotopic (exact) mass is 410 g/mol. The number of hydrogen-bond donors (Lipinski definition) is 2. The maximum Gasteiger partial charge on any atom is 0.301 e. The minimum atomic E-state index is -1.15. The number of nitro benzene ring substituents is 2. The highest BCUT2D eigenvalue weighted by Crippen LogP contribution is 2.32. The Morgan fingerprint density at radius 1 is 1.03 bits per heavy atom. The summed E-state index contributed by atoms with van der Waals surface area (Å²) in [4.78, 5) is 20.9. The molecule has 156 valence electrons. The number of benzene rings is 2. The normalized spacial score (nSPS) is 16.4. The van der Waals surface area contributed by atoms with Gasteiger partial charge in [-0.2, -0.15) is 5.10 Å². The lowest BCUT2D eigenvalue weighted by atomic mass is 9.81. The molecule has 0 amide bonds. The van der Waals surface area contributed by atoms with Crippen LogP contribution in [-0.4, -0.2) is 26.3 Å². The van der Waals surface area contributed by atoms with E-state index >= 15 is 0 Å². The van der Waals surface area contributed by atoms with Crippen molar-refractivity contribution in [3.05, 3.63) is 80.4 Å². The van der Waals surface area contributed by atoms with Gasteiger partial charge < -0.3 is 5.11 Å². The number of nitro groups is 2. The summed E-state index contributed by atoms with van der Waals surface area (Å²) in [5, 5.41) is 37.7. The summed E-state index contributed by atoms with van der Waals surface area (Å²) in [6.45, 7) is 0. The number of hydrogen-bond acceptors (Lipinski definition) is 7. The molecule has 0 unspecified atom stereocenters. The van der Waals surface area contributed by atoms with Crippen LogP contribution in [0, 0.1) is 20.2 Å². The first-order valence-corrected chi connectivity index (χ1v) is 9.61. The number of rotatable bonds is 7. The van der Waals surface area contributed by atoms with Crippen LogP contribution >= 0.6 is 0 Å². The highest BCUT2D eigenvalue weighted by atomic mass is 16.6. The molecule has 30 heavy (non-hydrogen) atoms. The van der Waals surface area contributed by atoms with E-state index in [2.05, 4.69) is 10.5 Å². The van der Waals surface area contributed by atoms with Gasteiger partial charge in [0.2, 0.25) is 0 Å². The Kier molecular flexibility index (Phi) is 6.53. The standard InChI is InChI=1S/C21H22N4O5/c26-21(13-5-2-6-14-21)20(12-9-16-7-3-1-4-8-16)23-22-18-11-10-17(24(27)28)15-19(18)25(29)30/h1,3-4,7-12,15,22,26H,2,5-6,13-14H2. The van der Waals surface area contributed by atoms with E-state index in [0.717, 1.165) is 30.9 Å². The van der Waals surface area contributed by atoms with Crippen LogP contribution in [0.3, 0.4) is 0 Å². The summed E-state index contributed by atoms with van der Waals surface area (Å²) < 4.78 is 0. The molecule has 2 N–H and O–H groups in total. The number of anilines is 1. The van der Waals surface area contributed by atoms with Gasteiger partial charge in [0.05, 0.1) is 21.6 Å². The molecule has 0 atom stereocenters. The van der Waals surface area contributed by atoms with Crippen LogP contribution < -0.4 is 5.43 Å². The van der Waals surface area contributed by atoms with E-state index in [4.69, 9.17) is 0 Å². The molecule has 0 aromatic heterocycles. The summed E-state index contributed by atoms with van der Waals surface area (Å²) in [7, 11) is 0. The smallest absolute Gasteiger partial charge is 0.301 e. The SMILES string of the molecule is O=[N+]([O-])c1ccc(NN=C(C=Cc2ccccc2)C2(O)CCCCC2)c([N+](=O)[O-])c1. The van der Waals surface area contributed by atoms with Gasteiger partial charge in [-0.3, -0.25) is 25.7 Å². The maximum absolute atomic E-state index is 11.3. The second-order valence-electron chi connectivity index (χ2n) is 7.16. The Balaban J connectivity index is 1.94. The van der Waals surface area contributed by atoms with E-state index in [1.165, 1.54) is 12.1 Å². The fourth-order valence-electron chi connectivity index (χ4n) is 3.43. The third-order valence-electron chi connectivity index (χ3n) is 5.08. The minimum Gasteiger partial charge on any atom is -0.383 e. The van der Waals surface area contributed by atoms with Crippen molar-refractivity contribution in [2.75, 3.05) is 5.43 Å². The molecule has 2 aromatic rings. The molecule has 0 saturated heterocycles. The summed E-state index contributed by atoms with van der Waals surface area (Å²) in [6.07, 6.45) is 7.32. The Hall–Kier alpha value is -3.59. The zero-order valence-corrected chi connectivity index (χ0v) is 16.2. The first-order chi connectivity index (χ1) is 14.4. The number of hydrazone groups is 1. The second-order valence-corrected chi connectivity index (χ2v) is 7.16. The molecule has 2 aromatic carbocycles. The van der Waals surface area contributed by atoms with Crippen molar-refractivity contribution in [1.82, 2.24) is 0 Å². The van der Waals surface area contributed by atoms with E-state index in [9.17, 15) is 25.3 Å². The van der Waals surface area contributed by atoms with Crippen molar-refractivity contribution in [3.8, 4) is 0 Å². The van der Waals surface area contributed by atoms with Crippen molar-refractivity contribution in [2.24, 2.45) is 5.10 Å². The maximum atomic E-state index is 11.3. The van der Waals surface area contributed by atoms with Crippen LogP contribution in [0.15, 0.2) is 59.7 Å². The van der Waals surface area contributed by atoms with Crippen LogP contribution in [0.2, 0.25) is 0 Å². The van der Waals surface area contributed by atoms with Gasteiger partial charge in [0.15, 0.2) is 0 Å². The van der Waals surface area contributed by atoms with E-state index in [1.54, 1.807) is 6.08 Å². The molecule has 0 aliphatic heterocycles. The van der Waals surface area contributed by atoms with Gasteiger partial charge in [-0.15, -0.1) is 0 Å². The zero-order chi connectivity index (χ0) is 21.6. The summed E-state index contributed by atoms with van der Waals surface area (Å²) in [6, 6.07) is 12.8. The largest absolute Gasteiger partial charge is 0.383 e. The third kappa shape index (κ3) is 5.06. The van der Waals surface area contributed by atoms with Gasteiger partial charge in [0, 0.05) is 6.07 Å². The molecule has 9 nitrogen and oxygen atoms in total. The van der Waals surface area contributed by atoms with E-state index < -0.39 is 21.1 Å². The Morgan fingerprint density at radius 2 is 1.73 bits per heavy atom. The Bertz CT molecular complexity index is 982. The van der Waals surface area contributed by atoms with Gasteiger partial charge in [0.1, 0.15) is 11.3 Å². The molecular weight excluding hydrogens is 388 g/mol. The predicted octanol–water partition coefficient (Wildman–Crippen LogP) is 4.68. The van der Waals surface area contributed by atoms with Crippen molar-refractivity contribution >= 4 is 28.8 Å². The molecule has 1 saturated carbocycles. The van der Waals surface area contributed by atoms with Crippen LogP contribution in [0.1, 0.15) is 37.7 Å². The van der Waals surface area contributed by atoms with Gasteiger partial charge >= 0.3 is 5.69 Å². The van der Waals surface area contributed by atoms with Crippen molar-refractivity contribution in [1.29, 1.82) is 0 Å². The summed E-state index contributed by atoms with van der Waals surface area (Å²) in [5.74, 6) is 0. The highest BCUT2D eigenvalue weighted by Gasteiger charge is 2.34. The quantitative estimate of drug-likeness (QED) is 0.387. The lowest BCUT2D eigenvalue weighted by Crippen LogP contribution is -2.40. The molecular formula is C21H22N4O5. The highest BCUT2D eigenvalue weighted by molar-refractivity contribution is 6.04. The van der Waals surface area contributed by atoms with Gasteiger partial charge in [0.25, 0.3) is 5.69 Å².